The van der Waals surface area contributed by atoms with E-state index in [-0.39, 0.29) is 0 Å². The first kappa shape index (κ1) is 10.6. The second kappa shape index (κ2) is 4.31. The highest BCUT2D eigenvalue weighted by Gasteiger charge is 2.28. The molecule has 2 unspecified atom stereocenters. The summed E-state index contributed by atoms with van der Waals surface area (Å²) in [6.45, 7) is 4.23. The van der Waals surface area contributed by atoms with Crippen molar-refractivity contribution in [2.45, 2.75) is 10.8 Å². The molecule has 1 aliphatic heterocycles. The van der Waals surface area contributed by atoms with E-state index in [0.717, 1.165) is 19.0 Å². The van der Waals surface area contributed by atoms with E-state index < -0.39 is 0 Å². The van der Waals surface area contributed by atoms with E-state index in [2.05, 4.69) is 44.4 Å². The summed E-state index contributed by atoms with van der Waals surface area (Å²) in [6.07, 6.45) is 3.15. The van der Waals surface area contributed by atoms with Crippen molar-refractivity contribution in [2.75, 3.05) is 18.0 Å². The average molecular weight is 314 g/mol. The van der Waals surface area contributed by atoms with Crippen molar-refractivity contribution in [1.82, 2.24) is 9.97 Å². The van der Waals surface area contributed by atoms with Gasteiger partial charge in [0.25, 0.3) is 0 Å². The number of nitrogens with zero attached hydrogens (tertiary/aromatic N) is 4. The maximum Gasteiger partial charge on any atom is 0.225 e. The summed E-state index contributed by atoms with van der Waals surface area (Å²) < 4.78 is 0.654. The predicted molar refractivity (Wildman–Crippen MR) is 65.9 cm³/mol. The van der Waals surface area contributed by atoms with Gasteiger partial charge in [-0.2, -0.15) is 5.26 Å². The molecule has 1 fully saturated rings. The van der Waals surface area contributed by atoms with Crippen molar-refractivity contribution >= 4 is 28.5 Å². The molecule has 0 N–H and O–H groups in total. The van der Waals surface area contributed by atoms with Crippen LogP contribution >= 0.6 is 22.6 Å². The van der Waals surface area contributed by atoms with E-state index in [4.69, 9.17) is 5.26 Å². The number of halogens is 1. The van der Waals surface area contributed by atoms with E-state index in [1.54, 1.807) is 12.4 Å². The molecule has 15 heavy (non-hydrogen) atoms. The molecular formula is C10H11IN4. The molecule has 2 atom stereocenters. The lowest BCUT2D eigenvalue weighted by Gasteiger charge is -2.14. The number of hydrogen-bond donors (Lipinski definition) is 0. The monoisotopic (exact) mass is 314 g/mol. The molecule has 0 aromatic carbocycles. The fraction of sp³-hybridized carbons (Fsp3) is 0.500. The molecule has 78 valence electrons. The minimum absolute atomic E-state index is 0.511. The molecule has 0 amide bonds. The van der Waals surface area contributed by atoms with Crippen LogP contribution in [0, 0.1) is 17.2 Å². The Bertz CT molecular complexity index is 373. The first-order valence-corrected chi connectivity index (χ1v) is 6.06. The molecule has 4 nitrogen and oxygen atoms in total. The van der Waals surface area contributed by atoms with Crippen molar-refractivity contribution in [3.63, 3.8) is 0 Å². The Morgan fingerprint density at radius 3 is 2.60 bits per heavy atom. The first-order chi connectivity index (χ1) is 7.20. The van der Waals surface area contributed by atoms with Gasteiger partial charge in [0.1, 0.15) is 6.07 Å². The Morgan fingerprint density at radius 1 is 1.47 bits per heavy atom. The van der Waals surface area contributed by atoms with Gasteiger partial charge in [0.05, 0.1) is 18.0 Å². The smallest absolute Gasteiger partial charge is 0.225 e. The Morgan fingerprint density at radius 2 is 2.13 bits per heavy atom. The quantitative estimate of drug-likeness (QED) is 0.584. The van der Waals surface area contributed by atoms with Crippen LogP contribution in [0.3, 0.4) is 0 Å². The van der Waals surface area contributed by atoms with E-state index in [1.165, 1.54) is 0 Å². The van der Waals surface area contributed by atoms with Crippen molar-refractivity contribution in [2.24, 2.45) is 5.92 Å². The molecule has 0 saturated carbocycles. The summed E-state index contributed by atoms with van der Waals surface area (Å²) in [5.74, 6) is 1.41. The molecule has 2 heterocycles. The Hall–Kier alpha value is -0.900. The van der Waals surface area contributed by atoms with E-state index >= 15 is 0 Å². The summed E-state index contributed by atoms with van der Waals surface area (Å²) in [5.41, 5.74) is 0.511. The summed E-state index contributed by atoms with van der Waals surface area (Å²) in [7, 11) is 0. The van der Waals surface area contributed by atoms with Crippen LogP contribution in [0.2, 0.25) is 0 Å². The van der Waals surface area contributed by atoms with Crippen molar-refractivity contribution in [1.29, 1.82) is 5.26 Å². The highest BCUT2D eigenvalue weighted by atomic mass is 127. The van der Waals surface area contributed by atoms with Gasteiger partial charge in [0.2, 0.25) is 5.95 Å². The van der Waals surface area contributed by atoms with Gasteiger partial charge in [0, 0.05) is 17.0 Å². The lowest BCUT2D eigenvalue weighted by atomic mass is 10.2. The Labute approximate surface area is 102 Å². The second-order valence-electron chi connectivity index (χ2n) is 3.78. The van der Waals surface area contributed by atoms with E-state index in [9.17, 15) is 0 Å². The van der Waals surface area contributed by atoms with Crippen molar-refractivity contribution in [3.8, 4) is 6.07 Å². The van der Waals surface area contributed by atoms with Crippen LogP contribution in [-0.2, 0) is 0 Å². The van der Waals surface area contributed by atoms with E-state index in [1.807, 2.05) is 6.07 Å². The van der Waals surface area contributed by atoms with Crippen LogP contribution in [0.15, 0.2) is 12.4 Å². The summed E-state index contributed by atoms with van der Waals surface area (Å²) >= 11 is 2.46. The highest BCUT2D eigenvalue weighted by Crippen LogP contribution is 2.25. The van der Waals surface area contributed by atoms with Gasteiger partial charge in [-0.15, -0.1) is 0 Å². The average Bonchev–Trinajstić information content (AvgIpc) is 2.59. The molecule has 1 aromatic heterocycles. The van der Waals surface area contributed by atoms with Gasteiger partial charge in [-0.3, -0.25) is 0 Å². The molecule has 1 aliphatic rings. The highest BCUT2D eigenvalue weighted by molar-refractivity contribution is 14.1. The lowest BCUT2D eigenvalue weighted by Crippen LogP contribution is -2.22. The third-order valence-electron chi connectivity index (χ3n) is 2.57. The van der Waals surface area contributed by atoms with Gasteiger partial charge in [-0.25, -0.2) is 9.97 Å². The number of nitriles is 1. The maximum atomic E-state index is 8.63. The molecule has 1 saturated heterocycles. The minimum Gasteiger partial charge on any atom is -0.339 e. The normalized spacial score (nSPS) is 25.3. The van der Waals surface area contributed by atoms with Gasteiger partial charge < -0.3 is 4.90 Å². The zero-order valence-electron chi connectivity index (χ0n) is 8.39. The molecular weight excluding hydrogens is 303 g/mol. The minimum atomic E-state index is 0.511. The van der Waals surface area contributed by atoms with Gasteiger partial charge in [0.15, 0.2) is 0 Å². The zero-order valence-corrected chi connectivity index (χ0v) is 10.5. The van der Waals surface area contributed by atoms with Crippen LogP contribution in [0.5, 0.6) is 0 Å². The van der Waals surface area contributed by atoms with Gasteiger partial charge in [-0.1, -0.05) is 29.5 Å². The van der Waals surface area contributed by atoms with E-state index in [0.29, 0.717) is 15.4 Å². The topological polar surface area (TPSA) is 52.8 Å². The van der Waals surface area contributed by atoms with Crippen LogP contribution in [0.25, 0.3) is 0 Å². The third-order valence-corrected chi connectivity index (χ3v) is 4.19. The number of hydrogen-bond acceptors (Lipinski definition) is 4. The number of rotatable bonds is 1. The van der Waals surface area contributed by atoms with Crippen LogP contribution in [-0.4, -0.2) is 27.0 Å². The third kappa shape index (κ3) is 2.20. The number of alkyl halides is 1. The molecule has 0 spiro atoms. The fourth-order valence-corrected chi connectivity index (χ4v) is 2.34. The van der Waals surface area contributed by atoms with Crippen molar-refractivity contribution < 1.29 is 0 Å². The predicted octanol–water partition coefficient (Wildman–Crippen LogP) is 1.61. The SMILES string of the molecule is CC1CN(c2ncc(C#N)cn2)CC1I. The van der Waals surface area contributed by atoms with Gasteiger partial charge in [-0.05, 0) is 5.92 Å². The molecule has 2 rings (SSSR count). The standard InChI is InChI=1S/C10H11IN4/c1-7-5-15(6-9(7)11)10-13-3-8(2-12)4-14-10/h3-4,7,9H,5-6H2,1H3. The fourth-order valence-electron chi connectivity index (χ4n) is 1.63. The zero-order chi connectivity index (χ0) is 10.8. The van der Waals surface area contributed by atoms with Crippen LogP contribution in [0.1, 0.15) is 12.5 Å². The van der Waals surface area contributed by atoms with Gasteiger partial charge >= 0.3 is 0 Å². The largest absolute Gasteiger partial charge is 0.339 e. The van der Waals surface area contributed by atoms with Crippen LogP contribution in [0.4, 0.5) is 5.95 Å². The summed E-state index contributed by atoms with van der Waals surface area (Å²) in [6, 6.07) is 2.02. The summed E-state index contributed by atoms with van der Waals surface area (Å²) in [5, 5.41) is 8.63. The number of anilines is 1. The summed E-state index contributed by atoms with van der Waals surface area (Å²) in [4.78, 5) is 10.5. The Kier molecular flexibility index (Phi) is 3.05. The molecule has 0 radical (unpaired) electrons. The molecule has 5 heteroatoms. The van der Waals surface area contributed by atoms with Crippen LogP contribution < -0.4 is 4.90 Å². The Balaban J connectivity index is 2.14. The maximum absolute atomic E-state index is 8.63. The lowest BCUT2D eigenvalue weighted by molar-refractivity contribution is 0.685. The first-order valence-electron chi connectivity index (χ1n) is 4.82. The molecule has 1 aromatic rings. The molecule has 0 aliphatic carbocycles. The second-order valence-corrected chi connectivity index (χ2v) is 5.38. The number of aromatic nitrogens is 2. The van der Waals surface area contributed by atoms with Crippen molar-refractivity contribution in [3.05, 3.63) is 18.0 Å². The molecule has 0 bridgehead atoms.